The Morgan fingerprint density at radius 3 is 2.67 bits per heavy atom. The lowest BCUT2D eigenvalue weighted by Crippen LogP contribution is -2.41. The van der Waals surface area contributed by atoms with Gasteiger partial charge < -0.3 is 0 Å². The van der Waals surface area contributed by atoms with E-state index in [1.807, 2.05) is 0 Å². The smallest absolute Gasteiger partial charge is 0.242 e. The highest BCUT2D eigenvalue weighted by molar-refractivity contribution is 9.10. The maximum atomic E-state index is 12.1. The Morgan fingerprint density at radius 1 is 1.44 bits per heavy atom. The Hall–Kier alpha value is -0.460. The van der Waals surface area contributed by atoms with Gasteiger partial charge in [-0.3, -0.25) is 4.98 Å². The fourth-order valence-electron chi connectivity index (χ4n) is 2.20. The molecule has 0 spiro atoms. The monoisotopic (exact) mass is 332 g/mol. The van der Waals surface area contributed by atoms with Gasteiger partial charge >= 0.3 is 0 Å². The van der Waals surface area contributed by atoms with Gasteiger partial charge in [-0.1, -0.05) is 13.3 Å². The topological polar surface area (TPSA) is 59.1 Å². The van der Waals surface area contributed by atoms with E-state index in [-0.39, 0.29) is 10.3 Å². The lowest BCUT2D eigenvalue weighted by Gasteiger charge is -2.41. The maximum Gasteiger partial charge on any atom is 0.242 e. The van der Waals surface area contributed by atoms with Crippen LogP contribution in [-0.4, -0.2) is 19.9 Å². The first kappa shape index (κ1) is 14.0. The van der Waals surface area contributed by atoms with E-state index in [0.29, 0.717) is 11.0 Å². The van der Waals surface area contributed by atoms with E-state index in [2.05, 4.69) is 32.6 Å². The van der Waals surface area contributed by atoms with E-state index >= 15 is 0 Å². The standard InChI is InChI=1S/C12H17BrN2O2S/c1-2-12(4-3-5-12)9-15-18(16,17)11-6-10(13)7-14-8-11/h6-8,15H,2-5,9H2,1H3. The molecule has 4 nitrogen and oxygen atoms in total. The molecule has 18 heavy (non-hydrogen) atoms. The molecule has 0 aromatic carbocycles. The second-order valence-corrected chi connectivity index (χ2v) is 7.55. The summed E-state index contributed by atoms with van der Waals surface area (Å²) < 4.78 is 27.6. The molecule has 2 rings (SSSR count). The normalized spacial score (nSPS) is 18.3. The number of sulfonamides is 1. The first-order chi connectivity index (χ1) is 8.47. The van der Waals surface area contributed by atoms with Gasteiger partial charge in [0.1, 0.15) is 4.90 Å². The molecule has 1 aliphatic rings. The van der Waals surface area contributed by atoms with Gasteiger partial charge in [0.2, 0.25) is 10.0 Å². The van der Waals surface area contributed by atoms with E-state index < -0.39 is 10.0 Å². The minimum absolute atomic E-state index is 0.173. The van der Waals surface area contributed by atoms with Gasteiger partial charge in [-0.25, -0.2) is 13.1 Å². The number of hydrogen-bond acceptors (Lipinski definition) is 3. The van der Waals surface area contributed by atoms with Gasteiger partial charge in [-0.2, -0.15) is 0 Å². The number of rotatable bonds is 5. The molecule has 6 heteroatoms. The average molecular weight is 333 g/mol. The SMILES string of the molecule is CCC1(CNS(=O)(=O)c2cncc(Br)c2)CCC1. The summed E-state index contributed by atoms with van der Waals surface area (Å²) in [7, 11) is -3.44. The summed E-state index contributed by atoms with van der Waals surface area (Å²) in [5.41, 5.74) is 0.173. The molecular formula is C12H17BrN2O2S. The second-order valence-electron chi connectivity index (χ2n) is 4.87. The molecule has 1 fully saturated rings. The van der Waals surface area contributed by atoms with Crippen molar-refractivity contribution in [2.75, 3.05) is 6.54 Å². The molecule has 1 aromatic rings. The van der Waals surface area contributed by atoms with E-state index in [0.717, 1.165) is 19.3 Å². The summed E-state index contributed by atoms with van der Waals surface area (Å²) in [6.07, 6.45) is 7.39. The van der Waals surface area contributed by atoms with Crippen LogP contribution in [0.25, 0.3) is 0 Å². The van der Waals surface area contributed by atoms with Crippen molar-refractivity contribution in [3.63, 3.8) is 0 Å². The number of aromatic nitrogens is 1. The summed E-state index contributed by atoms with van der Waals surface area (Å²) in [5, 5.41) is 0. The Bertz CT molecular complexity index is 521. The van der Waals surface area contributed by atoms with Crippen LogP contribution in [0.4, 0.5) is 0 Å². The largest absolute Gasteiger partial charge is 0.262 e. The first-order valence-corrected chi connectivity index (χ1v) is 8.35. The van der Waals surface area contributed by atoms with Crippen molar-refractivity contribution in [1.29, 1.82) is 0 Å². The third-order valence-corrected chi connectivity index (χ3v) is 5.59. The van der Waals surface area contributed by atoms with Gasteiger partial charge in [-0.05, 0) is 46.7 Å². The van der Waals surface area contributed by atoms with Gasteiger partial charge in [-0.15, -0.1) is 0 Å². The minimum atomic E-state index is -3.44. The van der Waals surface area contributed by atoms with Crippen molar-refractivity contribution in [2.24, 2.45) is 5.41 Å². The fraction of sp³-hybridized carbons (Fsp3) is 0.583. The first-order valence-electron chi connectivity index (χ1n) is 6.08. The highest BCUT2D eigenvalue weighted by Gasteiger charge is 2.36. The third kappa shape index (κ3) is 2.92. The zero-order chi connectivity index (χ0) is 13.2. The van der Waals surface area contributed by atoms with Crippen molar-refractivity contribution in [2.45, 2.75) is 37.5 Å². The molecule has 100 valence electrons. The van der Waals surface area contributed by atoms with Gasteiger partial charge in [0.15, 0.2) is 0 Å². The summed E-state index contributed by atoms with van der Waals surface area (Å²) in [4.78, 5) is 4.09. The van der Waals surface area contributed by atoms with Gasteiger partial charge in [0, 0.05) is 23.4 Å². The van der Waals surface area contributed by atoms with Crippen LogP contribution >= 0.6 is 15.9 Å². The van der Waals surface area contributed by atoms with Crippen molar-refractivity contribution in [3.05, 3.63) is 22.9 Å². The molecule has 0 unspecified atom stereocenters. The number of nitrogens with one attached hydrogen (secondary N) is 1. The molecule has 0 aliphatic heterocycles. The van der Waals surface area contributed by atoms with Crippen molar-refractivity contribution in [1.82, 2.24) is 9.71 Å². The van der Waals surface area contributed by atoms with Gasteiger partial charge in [0.05, 0.1) is 0 Å². The van der Waals surface area contributed by atoms with E-state index in [9.17, 15) is 8.42 Å². The highest BCUT2D eigenvalue weighted by atomic mass is 79.9. The molecule has 1 heterocycles. The molecule has 0 amide bonds. The number of hydrogen-bond donors (Lipinski definition) is 1. The molecule has 0 atom stereocenters. The predicted octanol–water partition coefficient (Wildman–Crippen LogP) is 2.70. The molecule has 1 aliphatic carbocycles. The minimum Gasteiger partial charge on any atom is -0.262 e. The van der Waals surface area contributed by atoms with Gasteiger partial charge in [0.25, 0.3) is 0 Å². The number of halogens is 1. The van der Waals surface area contributed by atoms with Crippen molar-refractivity contribution >= 4 is 26.0 Å². The van der Waals surface area contributed by atoms with Crippen LogP contribution in [0.15, 0.2) is 27.8 Å². The zero-order valence-corrected chi connectivity index (χ0v) is 12.7. The van der Waals surface area contributed by atoms with E-state index in [1.54, 1.807) is 12.3 Å². The lowest BCUT2D eigenvalue weighted by atomic mass is 9.67. The second kappa shape index (κ2) is 5.27. The predicted molar refractivity (Wildman–Crippen MR) is 73.7 cm³/mol. The average Bonchev–Trinajstić information content (AvgIpc) is 2.28. The Morgan fingerprint density at radius 2 is 2.17 bits per heavy atom. The van der Waals surface area contributed by atoms with Crippen LogP contribution in [0.3, 0.4) is 0 Å². The molecule has 1 saturated carbocycles. The quantitative estimate of drug-likeness (QED) is 0.901. The Balaban J connectivity index is 2.08. The summed E-state index contributed by atoms with van der Waals surface area (Å²) in [6, 6.07) is 1.56. The summed E-state index contributed by atoms with van der Waals surface area (Å²) >= 11 is 3.23. The lowest BCUT2D eigenvalue weighted by molar-refractivity contribution is 0.133. The van der Waals surface area contributed by atoms with Crippen LogP contribution in [0.2, 0.25) is 0 Å². The molecule has 1 N–H and O–H groups in total. The number of pyridine rings is 1. The Kier molecular flexibility index (Phi) is 4.08. The molecular weight excluding hydrogens is 316 g/mol. The van der Waals surface area contributed by atoms with Crippen LogP contribution in [0, 0.1) is 5.41 Å². The van der Waals surface area contributed by atoms with Crippen LogP contribution < -0.4 is 4.72 Å². The van der Waals surface area contributed by atoms with E-state index in [4.69, 9.17) is 0 Å². The maximum absolute atomic E-state index is 12.1. The van der Waals surface area contributed by atoms with Crippen molar-refractivity contribution in [3.8, 4) is 0 Å². The molecule has 1 aromatic heterocycles. The van der Waals surface area contributed by atoms with Crippen molar-refractivity contribution < 1.29 is 8.42 Å². The Labute approximate surface area is 116 Å². The molecule has 0 saturated heterocycles. The van der Waals surface area contributed by atoms with Crippen LogP contribution in [0.5, 0.6) is 0 Å². The summed E-state index contributed by atoms with van der Waals surface area (Å²) in [6.45, 7) is 2.65. The molecule has 0 radical (unpaired) electrons. The fourth-order valence-corrected chi connectivity index (χ4v) is 3.86. The molecule has 0 bridgehead atoms. The van der Waals surface area contributed by atoms with E-state index in [1.165, 1.54) is 12.6 Å². The third-order valence-electron chi connectivity index (χ3n) is 3.79. The van der Waals surface area contributed by atoms with Crippen LogP contribution in [-0.2, 0) is 10.0 Å². The summed E-state index contributed by atoms with van der Waals surface area (Å²) in [5.74, 6) is 0. The highest BCUT2D eigenvalue weighted by Crippen LogP contribution is 2.43. The van der Waals surface area contributed by atoms with Crippen LogP contribution in [0.1, 0.15) is 32.6 Å². The number of nitrogens with zero attached hydrogens (tertiary/aromatic N) is 1. The zero-order valence-electron chi connectivity index (χ0n) is 10.3.